The van der Waals surface area contributed by atoms with Gasteiger partial charge in [-0.2, -0.15) is 0 Å². The van der Waals surface area contributed by atoms with Crippen LogP contribution in [0, 0.1) is 6.92 Å². The van der Waals surface area contributed by atoms with E-state index in [1.54, 1.807) is 14.2 Å². The van der Waals surface area contributed by atoms with Gasteiger partial charge >= 0.3 is 0 Å². The molecule has 0 spiro atoms. The Bertz CT molecular complexity index is 684. The number of hydrogen-bond acceptors (Lipinski definition) is 6. The normalized spacial score (nSPS) is 11.0. The van der Waals surface area contributed by atoms with E-state index in [1.807, 2.05) is 19.1 Å². The molecular weight excluding hydrogens is 302 g/mol. The second kappa shape index (κ2) is 6.89. The van der Waals surface area contributed by atoms with Gasteiger partial charge in [-0.25, -0.2) is 4.68 Å². The van der Waals surface area contributed by atoms with E-state index >= 15 is 0 Å². The van der Waals surface area contributed by atoms with Crippen LogP contribution >= 0.6 is 12.0 Å². The molecule has 0 atom stereocenters. The molecule has 0 aliphatic heterocycles. The summed E-state index contributed by atoms with van der Waals surface area (Å²) < 4.78 is 6.61. The number of carbonyl (C=O) groups excluding carboxylic acids is 1. The first-order valence-corrected chi connectivity index (χ1v) is 7.57. The van der Waals surface area contributed by atoms with Gasteiger partial charge in [0.2, 0.25) is 5.95 Å². The summed E-state index contributed by atoms with van der Waals surface area (Å²) in [5, 5.41) is 13.6. The Balaban J connectivity index is 2.37. The highest BCUT2D eigenvalue weighted by molar-refractivity contribution is 7.94. The standard InChI is InChI=1S/C14H19N5O2S/c1-8(2)10-6-7-11(9(3)12(10)22-21-5)13(20)15-14-16-17-18-19(14)4/h6-8H,1-5H3,(H,15,16,18,20). The molecule has 1 amide bonds. The molecule has 1 aromatic heterocycles. The van der Waals surface area contributed by atoms with Crippen molar-refractivity contribution in [2.45, 2.75) is 31.6 Å². The summed E-state index contributed by atoms with van der Waals surface area (Å²) in [6.07, 6.45) is 0. The maximum absolute atomic E-state index is 12.5. The van der Waals surface area contributed by atoms with Crippen LogP contribution in [0.25, 0.3) is 0 Å². The van der Waals surface area contributed by atoms with Gasteiger partial charge in [-0.15, -0.1) is 0 Å². The first kappa shape index (κ1) is 16.4. The Morgan fingerprint density at radius 2 is 2.14 bits per heavy atom. The van der Waals surface area contributed by atoms with Crippen molar-refractivity contribution in [3.63, 3.8) is 0 Å². The van der Waals surface area contributed by atoms with E-state index < -0.39 is 0 Å². The van der Waals surface area contributed by atoms with Crippen LogP contribution in [-0.4, -0.2) is 33.2 Å². The minimum Gasteiger partial charge on any atom is -0.314 e. The molecule has 2 aromatic rings. The van der Waals surface area contributed by atoms with Crippen molar-refractivity contribution in [3.8, 4) is 0 Å². The number of nitrogens with zero attached hydrogens (tertiary/aromatic N) is 4. The molecule has 8 heteroatoms. The maximum atomic E-state index is 12.5. The van der Waals surface area contributed by atoms with Crippen molar-refractivity contribution in [2.24, 2.45) is 7.05 Å². The molecule has 0 bridgehead atoms. The lowest BCUT2D eigenvalue weighted by Crippen LogP contribution is -2.17. The smallest absolute Gasteiger partial charge is 0.258 e. The third-order valence-electron chi connectivity index (χ3n) is 3.32. The van der Waals surface area contributed by atoms with Crippen molar-refractivity contribution in [2.75, 3.05) is 12.4 Å². The van der Waals surface area contributed by atoms with Crippen molar-refractivity contribution >= 4 is 23.9 Å². The van der Waals surface area contributed by atoms with Crippen LogP contribution in [0.1, 0.15) is 41.3 Å². The molecule has 0 saturated heterocycles. The molecule has 118 valence electrons. The number of amides is 1. The summed E-state index contributed by atoms with van der Waals surface area (Å²) >= 11 is 1.27. The first-order chi connectivity index (χ1) is 10.5. The Morgan fingerprint density at radius 1 is 1.41 bits per heavy atom. The molecule has 0 fully saturated rings. The van der Waals surface area contributed by atoms with Crippen LogP contribution in [0.4, 0.5) is 5.95 Å². The summed E-state index contributed by atoms with van der Waals surface area (Å²) in [5.74, 6) is 0.401. The van der Waals surface area contributed by atoms with Gasteiger partial charge in [0.15, 0.2) is 0 Å². The van der Waals surface area contributed by atoms with Crippen LogP contribution in [0.2, 0.25) is 0 Å². The maximum Gasteiger partial charge on any atom is 0.258 e. The Hall–Kier alpha value is -1.93. The number of tetrazole rings is 1. The molecule has 22 heavy (non-hydrogen) atoms. The van der Waals surface area contributed by atoms with E-state index in [-0.39, 0.29) is 5.91 Å². The largest absolute Gasteiger partial charge is 0.314 e. The first-order valence-electron chi connectivity index (χ1n) is 6.83. The molecular formula is C14H19N5O2S. The molecule has 0 aliphatic rings. The van der Waals surface area contributed by atoms with Crippen LogP contribution < -0.4 is 5.32 Å². The van der Waals surface area contributed by atoms with Gasteiger partial charge in [0.25, 0.3) is 5.91 Å². The fourth-order valence-corrected chi connectivity index (χ4v) is 2.91. The molecule has 7 nitrogen and oxygen atoms in total. The van der Waals surface area contributed by atoms with Crippen LogP contribution in [0.5, 0.6) is 0 Å². The zero-order valence-corrected chi connectivity index (χ0v) is 14.1. The highest BCUT2D eigenvalue weighted by Crippen LogP contribution is 2.33. The van der Waals surface area contributed by atoms with E-state index in [1.165, 1.54) is 16.7 Å². The summed E-state index contributed by atoms with van der Waals surface area (Å²) in [7, 11) is 3.28. The third-order valence-corrected chi connectivity index (χ3v) is 4.19. The monoisotopic (exact) mass is 321 g/mol. The second-order valence-corrected chi connectivity index (χ2v) is 6.05. The summed E-state index contributed by atoms with van der Waals surface area (Å²) in [6, 6.07) is 3.78. The number of hydrogen-bond donors (Lipinski definition) is 1. The van der Waals surface area contributed by atoms with E-state index in [4.69, 9.17) is 4.18 Å². The van der Waals surface area contributed by atoms with E-state index in [0.29, 0.717) is 17.4 Å². The topological polar surface area (TPSA) is 81.9 Å². The number of aromatic nitrogens is 4. The lowest BCUT2D eigenvalue weighted by molar-refractivity contribution is 0.102. The minimum absolute atomic E-state index is 0.247. The number of nitrogens with one attached hydrogen (secondary N) is 1. The van der Waals surface area contributed by atoms with Gasteiger partial charge in [-0.1, -0.05) is 25.0 Å². The van der Waals surface area contributed by atoms with Gasteiger partial charge in [0.1, 0.15) is 0 Å². The van der Waals surface area contributed by atoms with Gasteiger partial charge in [0, 0.05) is 29.5 Å². The zero-order chi connectivity index (χ0) is 16.3. The Kier molecular flexibility index (Phi) is 5.15. The third kappa shape index (κ3) is 3.28. The Morgan fingerprint density at radius 3 is 2.68 bits per heavy atom. The highest BCUT2D eigenvalue weighted by atomic mass is 32.2. The molecule has 0 radical (unpaired) electrons. The summed E-state index contributed by atoms with van der Waals surface area (Å²) in [4.78, 5) is 13.4. The average molecular weight is 321 g/mol. The van der Waals surface area contributed by atoms with Gasteiger partial charge in [-0.3, -0.25) is 10.1 Å². The van der Waals surface area contributed by atoms with Crippen LogP contribution in [0.3, 0.4) is 0 Å². The van der Waals surface area contributed by atoms with Gasteiger partial charge in [0.05, 0.1) is 7.11 Å². The summed E-state index contributed by atoms with van der Waals surface area (Å²) in [6.45, 7) is 6.13. The summed E-state index contributed by atoms with van der Waals surface area (Å²) in [5.41, 5.74) is 2.61. The van der Waals surface area contributed by atoms with E-state index in [0.717, 1.165) is 16.0 Å². The number of anilines is 1. The van der Waals surface area contributed by atoms with Crippen molar-refractivity contribution in [1.82, 2.24) is 20.2 Å². The van der Waals surface area contributed by atoms with E-state index in [2.05, 4.69) is 34.7 Å². The van der Waals surface area contributed by atoms with Crippen LogP contribution in [0.15, 0.2) is 17.0 Å². The predicted molar refractivity (Wildman–Crippen MR) is 84.9 cm³/mol. The van der Waals surface area contributed by atoms with Crippen molar-refractivity contribution < 1.29 is 8.98 Å². The second-order valence-electron chi connectivity index (χ2n) is 5.14. The SMILES string of the molecule is COSc1c(C(C)C)ccc(C(=O)Nc2nnnn2C)c1C. The fraction of sp³-hybridized carbons (Fsp3) is 0.429. The van der Waals surface area contributed by atoms with Crippen molar-refractivity contribution in [3.05, 3.63) is 28.8 Å². The molecule has 1 heterocycles. The lowest BCUT2D eigenvalue weighted by Gasteiger charge is -2.16. The molecule has 0 aliphatic carbocycles. The van der Waals surface area contributed by atoms with Crippen LogP contribution in [-0.2, 0) is 11.2 Å². The van der Waals surface area contributed by atoms with Crippen molar-refractivity contribution in [1.29, 1.82) is 0 Å². The zero-order valence-electron chi connectivity index (χ0n) is 13.2. The number of rotatable bonds is 5. The molecule has 1 N–H and O–H groups in total. The molecule has 1 aromatic carbocycles. The fourth-order valence-electron chi connectivity index (χ4n) is 2.11. The Labute approximate surface area is 133 Å². The number of aryl methyl sites for hydroxylation is 1. The lowest BCUT2D eigenvalue weighted by atomic mass is 9.97. The molecule has 2 rings (SSSR count). The minimum atomic E-state index is -0.247. The predicted octanol–water partition coefficient (Wildman–Crippen LogP) is 2.55. The average Bonchev–Trinajstić information content (AvgIpc) is 2.86. The quantitative estimate of drug-likeness (QED) is 0.852. The number of carbonyl (C=O) groups is 1. The highest BCUT2D eigenvalue weighted by Gasteiger charge is 2.18. The number of benzene rings is 1. The van der Waals surface area contributed by atoms with Gasteiger partial charge < -0.3 is 4.18 Å². The molecule has 0 unspecified atom stereocenters. The van der Waals surface area contributed by atoms with E-state index in [9.17, 15) is 4.79 Å². The molecule has 0 saturated carbocycles. The van der Waals surface area contributed by atoms with Gasteiger partial charge in [-0.05, 0) is 40.5 Å².